The fourth-order valence-corrected chi connectivity index (χ4v) is 4.21. The maximum absolute atomic E-state index is 12.7. The first kappa shape index (κ1) is 25.9. The highest BCUT2D eigenvalue weighted by Crippen LogP contribution is 2.41. The zero-order chi connectivity index (χ0) is 23.8. The van der Waals surface area contributed by atoms with Crippen LogP contribution in [0.4, 0.5) is 0 Å². The van der Waals surface area contributed by atoms with Crippen LogP contribution in [0.15, 0.2) is 50.1 Å². The molecule has 0 bridgehead atoms. The van der Waals surface area contributed by atoms with Gasteiger partial charge in [0.2, 0.25) is 0 Å². The summed E-state index contributed by atoms with van der Waals surface area (Å²) in [6.07, 6.45) is 5.85. The number of carboxylic acids is 3. The lowest BCUT2D eigenvalue weighted by Crippen LogP contribution is -2.45. The Balaban J connectivity index is 3.04. The molecule has 0 aromatic heterocycles. The molecule has 1 rings (SSSR count). The van der Waals surface area contributed by atoms with E-state index in [0.29, 0.717) is 24.8 Å². The van der Waals surface area contributed by atoms with Crippen LogP contribution in [0.2, 0.25) is 0 Å². The van der Waals surface area contributed by atoms with Gasteiger partial charge >= 0.3 is 23.9 Å². The molecule has 0 saturated heterocycles. The molecule has 0 aromatic rings. The van der Waals surface area contributed by atoms with Crippen LogP contribution in [0.25, 0.3) is 0 Å². The van der Waals surface area contributed by atoms with E-state index in [0.717, 1.165) is 0 Å². The SMILES string of the molecule is C=CCC(CC=C)(CC=C)C(=C)COC(=O)C1CC(C(=O)O)C(C(=O)O)CC1C(=O)O. The molecule has 0 radical (unpaired) electrons. The summed E-state index contributed by atoms with van der Waals surface area (Å²) in [6, 6.07) is 0. The van der Waals surface area contributed by atoms with Crippen molar-refractivity contribution in [2.75, 3.05) is 6.61 Å². The van der Waals surface area contributed by atoms with Gasteiger partial charge in [0.25, 0.3) is 0 Å². The standard InChI is InChI=1S/C23H30O8/c1-5-8-23(9-6-2,10-7-3)14(4)13-31-22(30)18-12-16(20(26)27)15(19(24)25)11-17(18)21(28)29/h5-7,15-18H,1-4,8-13H2,(H,24,25)(H,26,27)(H,28,29). The summed E-state index contributed by atoms with van der Waals surface area (Å²) < 4.78 is 5.35. The maximum atomic E-state index is 12.7. The van der Waals surface area contributed by atoms with E-state index in [-0.39, 0.29) is 6.61 Å². The lowest BCUT2D eigenvalue weighted by atomic mass is 9.68. The summed E-state index contributed by atoms with van der Waals surface area (Å²) in [5, 5.41) is 28.2. The van der Waals surface area contributed by atoms with Crippen LogP contribution in [0.5, 0.6) is 0 Å². The largest absolute Gasteiger partial charge is 0.481 e. The lowest BCUT2D eigenvalue weighted by molar-refractivity contribution is -0.169. The van der Waals surface area contributed by atoms with Crippen LogP contribution >= 0.6 is 0 Å². The fraction of sp³-hybridized carbons (Fsp3) is 0.478. The number of hydrogen-bond acceptors (Lipinski definition) is 5. The molecule has 31 heavy (non-hydrogen) atoms. The second-order valence-corrected chi connectivity index (χ2v) is 7.88. The average Bonchev–Trinajstić information content (AvgIpc) is 2.70. The van der Waals surface area contributed by atoms with Gasteiger partial charge in [-0.1, -0.05) is 24.8 Å². The minimum atomic E-state index is -1.40. The first-order valence-electron chi connectivity index (χ1n) is 9.90. The summed E-state index contributed by atoms with van der Waals surface area (Å²) in [5.74, 6) is -10.4. The second-order valence-electron chi connectivity index (χ2n) is 7.88. The Morgan fingerprint density at radius 3 is 1.48 bits per heavy atom. The quantitative estimate of drug-likeness (QED) is 0.296. The van der Waals surface area contributed by atoms with Gasteiger partial charge in [0.15, 0.2) is 0 Å². The van der Waals surface area contributed by atoms with Gasteiger partial charge in [0.05, 0.1) is 23.7 Å². The number of allylic oxidation sites excluding steroid dienone is 3. The molecule has 170 valence electrons. The molecule has 0 aromatic carbocycles. The normalized spacial score (nSPS) is 23.2. The van der Waals surface area contributed by atoms with Crippen LogP contribution in [0, 0.1) is 29.1 Å². The topological polar surface area (TPSA) is 138 Å². The first-order chi connectivity index (χ1) is 14.5. The molecule has 0 heterocycles. The number of carbonyl (C=O) groups is 4. The van der Waals surface area contributed by atoms with Crippen molar-refractivity contribution >= 4 is 23.9 Å². The Morgan fingerprint density at radius 1 is 0.774 bits per heavy atom. The minimum absolute atomic E-state index is 0.197. The van der Waals surface area contributed by atoms with Crippen LogP contribution in [-0.4, -0.2) is 45.8 Å². The number of rotatable bonds is 13. The molecule has 1 saturated carbocycles. The molecule has 8 nitrogen and oxygen atoms in total. The summed E-state index contributed by atoms with van der Waals surface area (Å²) >= 11 is 0. The second kappa shape index (κ2) is 11.3. The van der Waals surface area contributed by atoms with E-state index >= 15 is 0 Å². The van der Waals surface area contributed by atoms with E-state index in [2.05, 4.69) is 26.3 Å². The lowest BCUT2D eigenvalue weighted by Gasteiger charge is -2.36. The van der Waals surface area contributed by atoms with Crippen molar-refractivity contribution in [3.8, 4) is 0 Å². The van der Waals surface area contributed by atoms with E-state index in [1.165, 1.54) is 0 Å². The number of esters is 1. The highest BCUT2D eigenvalue weighted by atomic mass is 16.5. The van der Waals surface area contributed by atoms with Gasteiger partial charge in [-0.15, -0.1) is 19.7 Å². The Hall–Kier alpha value is -3.16. The zero-order valence-electron chi connectivity index (χ0n) is 17.5. The van der Waals surface area contributed by atoms with Crippen molar-refractivity contribution in [3.63, 3.8) is 0 Å². The smallest absolute Gasteiger partial charge is 0.310 e. The third-order valence-electron chi connectivity index (χ3n) is 5.99. The Kier molecular flexibility index (Phi) is 9.42. The Labute approximate surface area is 181 Å². The van der Waals surface area contributed by atoms with Gasteiger partial charge in [-0.25, -0.2) is 0 Å². The molecule has 1 aliphatic carbocycles. The van der Waals surface area contributed by atoms with Gasteiger partial charge in [-0.05, 0) is 37.7 Å². The molecule has 1 fully saturated rings. The summed E-state index contributed by atoms with van der Waals surface area (Å²) in [4.78, 5) is 47.3. The zero-order valence-corrected chi connectivity index (χ0v) is 17.5. The molecule has 4 atom stereocenters. The van der Waals surface area contributed by atoms with E-state index in [9.17, 15) is 34.5 Å². The number of hydrogen-bond donors (Lipinski definition) is 3. The average molecular weight is 434 g/mol. The molecular formula is C23H30O8. The monoisotopic (exact) mass is 434 g/mol. The van der Waals surface area contributed by atoms with E-state index in [1.54, 1.807) is 18.2 Å². The van der Waals surface area contributed by atoms with E-state index in [1.807, 2.05) is 0 Å². The number of carboxylic acid groups (broad SMARTS) is 3. The molecule has 0 amide bonds. The first-order valence-corrected chi connectivity index (χ1v) is 9.90. The van der Waals surface area contributed by atoms with Crippen molar-refractivity contribution in [1.29, 1.82) is 0 Å². The van der Waals surface area contributed by atoms with Gasteiger partial charge in [0.1, 0.15) is 6.61 Å². The highest BCUT2D eigenvalue weighted by molar-refractivity contribution is 5.86. The van der Waals surface area contributed by atoms with Crippen molar-refractivity contribution in [3.05, 3.63) is 50.1 Å². The van der Waals surface area contributed by atoms with Gasteiger partial charge < -0.3 is 20.1 Å². The molecule has 8 heteroatoms. The summed E-state index contributed by atoms with van der Waals surface area (Å²) in [7, 11) is 0. The van der Waals surface area contributed by atoms with Crippen LogP contribution < -0.4 is 0 Å². The molecule has 0 aliphatic heterocycles. The molecule has 1 aliphatic rings. The summed E-state index contributed by atoms with van der Waals surface area (Å²) in [6.45, 7) is 15.1. The number of carbonyl (C=O) groups excluding carboxylic acids is 1. The van der Waals surface area contributed by atoms with Crippen molar-refractivity contribution < 1.29 is 39.2 Å². The third kappa shape index (κ3) is 6.16. The van der Waals surface area contributed by atoms with Gasteiger partial charge in [-0.3, -0.25) is 19.2 Å². The van der Waals surface area contributed by atoms with Crippen molar-refractivity contribution in [1.82, 2.24) is 0 Å². The van der Waals surface area contributed by atoms with Crippen LogP contribution in [0.3, 0.4) is 0 Å². The van der Waals surface area contributed by atoms with Gasteiger partial charge in [0, 0.05) is 5.41 Å². The minimum Gasteiger partial charge on any atom is -0.481 e. The molecule has 0 spiro atoms. The molecule has 4 unspecified atom stereocenters. The molecule has 3 N–H and O–H groups in total. The van der Waals surface area contributed by atoms with Gasteiger partial charge in [-0.2, -0.15) is 0 Å². The Bertz CT molecular complexity index is 739. The summed E-state index contributed by atoms with van der Waals surface area (Å²) in [5.41, 5.74) is 0.0592. The van der Waals surface area contributed by atoms with Crippen molar-refractivity contribution in [2.24, 2.45) is 29.1 Å². The fourth-order valence-electron chi connectivity index (χ4n) is 4.21. The van der Waals surface area contributed by atoms with E-state index < -0.39 is 65.8 Å². The predicted octanol–water partition coefficient (Wildman–Crippen LogP) is 3.31. The van der Waals surface area contributed by atoms with E-state index in [4.69, 9.17) is 4.74 Å². The van der Waals surface area contributed by atoms with Crippen LogP contribution in [-0.2, 0) is 23.9 Å². The van der Waals surface area contributed by atoms with Crippen LogP contribution in [0.1, 0.15) is 32.1 Å². The third-order valence-corrected chi connectivity index (χ3v) is 5.99. The Morgan fingerprint density at radius 2 is 1.13 bits per heavy atom. The number of ether oxygens (including phenoxy) is 1. The predicted molar refractivity (Wildman–Crippen MR) is 113 cm³/mol. The van der Waals surface area contributed by atoms with Crippen molar-refractivity contribution in [2.45, 2.75) is 32.1 Å². The maximum Gasteiger partial charge on any atom is 0.310 e. The molecular weight excluding hydrogens is 404 g/mol. The number of aliphatic carboxylic acids is 3. The highest BCUT2D eigenvalue weighted by Gasteiger charge is 2.49.